The van der Waals surface area contributed by atoms with Gasteiger partial charge in [0.05, 0.1) is 0 Å². The summed E-state index contributed by atoms with van der Waals surface area (Å²) in [6, 6.07) is 1.10. The van der Waals surface area contributed by atoms with Gasteiger partial charge in [-0.3, -0.25) is 0 Å². The van der Waals surface area contributed by atoms with E-state index in [4.69, 9.17) is 0 Å². The van der Waals surface area contributed by atoms with Gasteiger partial charge in [0.15, 0.2) is 0 Å². The normalized spacial score (nSPS) is 41.6. The fourth-order valence-corrected chi connectivity index (χ4v) is 1.57. The summed E-state index contributed by atoms with van der Waals surface area (Å²) in [5.41, 5.74) is 0. The van der Waals surface area contributed by atoms with Crippen LogP contribution in [0, 0.1) is 0 Å². The Bertz CT molecular complexity index is 94.4. The SMILES string of the molecule is CCC1C[N+]12CC2. The summed E-state index contributed by atoms with van der Waals surface area (Å²) in [6.07, 6.45) is 1.42. The van der Waals surface area contributed by atoms with Gasteiger partial charge < -0.3 is 4.48 Å². The van der Waals surface area contributed by atoms with E-state index in [0.29, 0.717) is 0 Å². The third-order valence-electron chi connectivity index (χ3n) is 2.48. The lowest BCUT2D eigenvalue weighted by atomic mass is 10.4. The second-order valence-electron chi connectivity index (χ2n) is 2.91. The Balaban J connectivity index is 1.97. The van der Waals surface area contributed by atoms with E-state index in [1.165, 1.54) is 30.5 Å². The highest BCUT2D eigenvalue weighted by Gasteiger charge is 2.63. The van der Waals surface area contributed by atoms with Crippen molar-refractivity contribution in [2.75, 3.05) is 19.6 Å². The summed E-state index contributed by atoms with van der Waals surface area (Å²) in [5, 5.41) is 0. The number of hydrogen-bond acceptors (Lipinski definition) is 0. The van der Waals surface area contributed by atoms with Crippen LogP contribution >= 0.6 is 0 Å². The van der Waals surface area contributed by atoms with Crippen LogP contribution < -0.4 is 0 Å². The van der Waals surface area contributed by atoms with Gasteiger partial charge in [0.1, 0.15) is 25.7 Å². The zero-order chi connectivity index (χ0) is 4.91. The van der Waals surface area contributed by atoms with E-state index in [-0.39, 0.29) is 0 Å². The smallest absolute Gasteiger partial charge is 0.139 e. The molecule has 0 N–H and O–H groups in total. The van der Waals surface area contributed by atoms with Crippen LogP contribution in [0.15, 0.2) is 0 Å². The van der Waals surface area contributed by atoms with Gasteiger partial charge in [0.2, 0.25) is 0 Å². The van der Waals surface area contributed by atoms with Crippen LogP contribution in [0.4, 0.5) is 0 Å². The maximum absolute atomic E-state index is 2.30. The number of nitrogens with zero attached hydrogens (tertiary/aromatic N) is 1. The second kappa shape index (κ2) is 0.873. The Morgan fingerprint density at radius 3 is 2.43 bits per heavy atom. The molecular formula is C6H12N+. The van der Waals surface area contributed by atoms with Crippen LogP contribution in [-0.2, 0) is 0 Å². The molecule has 0 radical (unpaired) electrons. The van der Waals surface area contributed by atoms with Crippen LogP contribution in [0.25, 0.3) is 0 Å². The molecule has 1 atom stereocenters. The Morgan fingerprint density at radius 2 is 2.29 bits per heavy atom. The predicted molar refractivity (Wildman–Crippen MR) is 28.9 cm³/mol. The molecule has 1 nitrogen and oxygen atoms in total. The molecule has 0 saturated carbocycles. The lowest BCUT2D eigenvalue weighted by molar-refractivity contribution is -0.666. The molecule has 7 heavy (non-hydrogen) atoms. The summed E-state index contributed by atoms with van der Waals surface area (Å²) in [5.74, 6) is 0. The highest BCUT2D eigenvalue weighted by molar-refractivity contribution is 4.80. The van der Waals surface area contributed by atoms with Crippen LogP contribution in [0.1, 0.15) is 13.3 Å². The Hall–Kier alpha value is -0.0400. The molecule has 1 spiro atoms. The van der Waals surface area contributed by atoms with Gasteiger partial charge in [0, 0.05) is 6.42 Å². The molecule has 1 unspecified atom stereocenters. The van der Waals surface area contributed by atoms with Crippen molar-refractivity contribution < 1.29 is 4.48 Å². The molecule has 0 bridgehead atoms. The largest absolute Gasteiger partial charge is 0.302 e. The average molecular weight is 98.2 g/mol. The van der Waals surface area contributed by atoms with E-state index in [9.17, 15) is 0 Å². The number of quaternary nitrogens is 1. The summed E-state index contributed by atoms with van der Waals surface area (Å²) in [7, 11) is 0. The Morgan fingerprint density at radius 1 is 1.57 bits per heavy atom. The van der Waals surface area contributed by atoms with E-state index in [2.05, 4.69) is 6.92 Å². The maximum Gasteiger partial charge on any atom is 0.139 e. The predicted octanol–water partition coefficient (Wildman–Crippen LogP) is 0.609. The zero-order valence-corrected chi connectivity index (χ0v) is 4.85. The summed E-state index contributed by atoms with van der Waals surface area (Å²) >= 11 is 0. The highest BCUT2D eigenvalue weighted by atomic mass is 15.6. The van der Waals surface area contributed by atoms with E-state index in [1.54, 1.807) is 0 Å². The average Bonchev–Trinajstić information content (AvgIpc) is 2.52. The fourth-order valence-electron chi connectivity index (χ4n) is 1.57. The maximum atomic E-state index is 2.30. The molecule has 2 saturated heterocycles. The van der Waals surface area contributed by atoms with Gasteiger partial charge >= 0.3 is 0 Å². The second-order valence-corrected chi connectivity index (χ2v) is 2.91. The minimum Gasteiger partial charge on any atom is -0.302 e. The van der Waals surface area contributed by atoms with Crippen molar-refractivity contribution in [1.82, 2.24) is 0 Å². The molecule has 2 fully saturated rings. The van der Waals surface area contributed by atoms with Gasteiger partial charge in [-0.2, -0.15) is 0 Å². The summed E-state index contributed by atoms with van der Waals surface area (Å²) in [6.45, 7) is 6.81. The first-order valence-electron chi connectivity index (χ1n) is 3.23. The molecular weight excluding hydrogens is 86.1 g/mol. The Kier molecular flexibility index (Phi) is 0.487. The van der Waals surface area contributed by atoms with E-state index in [1.807, 2.05) is 0 Å². The lowest BCUT2D eigenvalue weighted by Crippen LogP contribution is -1.96. The van der Waals surface area contributed by atoms with E-state index >= 15 is 0 Å². The van der Waals surface area contributed by atoms with Gasteiger partial charge in [-0.05, 0) is 0 Å². The molecule has 2 heterocycles. The molecule has 2 aliphatic rings. The quantitative estimate of drug-likeness (QED) is 0.333. The van der Waals surface area contributed by atoms with E-state index < -0.39 is 0 Å². The number of rotatable bonds is 1. The molecule has 0 aromatic rings. The van der Waals surface area contributed by atoms with Crippen LogP contribution in [0.3, 0.4) is 0 Å². The first-order chi connectivity index (χ1) is 3.37. The van der Waals surface area contributed by atoms with Crippen molar-refractivity contribution in [3.63, 3.8) is 0 Å². The fraction of sp³-hybridized carbons (Fsp3) is 1.00. The van der Waals surface area contributed by atoms with Crippen LogP contribution in [0.5, 0.6) is 0 Å². The van der Waals surface area contributed by atoms with Gasteiger partial charge in [0.25, 0.3) is 0 Å². The summed E-state index contributed by atoms with van der Waals surface area (Å²) in [4.78, 5) is 0. The number of hydrogen-bond donors (Lipinski definition) is 0. The van der Waals surface area contributed by atoms with Gasteiger partial charge in [-0.15, -0.1) is 0 Å². The lowest BCUT2D eigenvalue weighted by Gasteiger charge is -1.84. The minimum atomic E-state index is 1.10. The monoisotopic (exact) mass is 98.1 g/mol. The minimum absolute atomic E-state index is 1.10. The standard InChI is InChI=1S/C6H12N/c1-2-6-5-7(6)3-4-7/h6H,2-5H2,1H3/q+1. The third kappa shape index (κ3) is 0.367. The van der Waals surface area contributed by atoms with Crippen molar-refractivity contribution in [2.45, 2.75) is 19.4 Å². The molecule has 40 valence electrons. The van der Waals surface area contributed by atoms with Crippen LogP contribution in [-0.4, -0.2) is 30.2 Å². The van der Waals surface area contributed by atoms with Crippen molar-refractivity contribution in [2.24, 2.45) is 0 Å². The van der Waals surface area contributed by atoms with Crippen molar-refractivity contribution >= 4 is 0 Å². The molecule has 0 amide bonds. The van der Waals surface area contributed by atoms with Crippen molar-refractivity contribution in [3.05, 3.63) is 0 Å². The first-order valence-corrected chi connectivity index (χ1v) is 3.23. The van der Waals surface area contributed by atoms with Crippen LogP contribution in [0.2, 0.25) is 0 Å². The van der Waals surface area contributed by atoms with Crippen molar-refractivity contribution in [1.29, 1.82) is 0 Å². The molecule has 1 heteroatoms. The van der Waals surface area contributed by atoms with Crippen molar-refractivity contribution in [3.8, 4) is 0 Å². The molecule has 0 aromatic carbocycles. The van der Waals surface area contributed by atoms with E-state index in [0.717, 1.165) is 6.04 Å². The molecule has 0 aliphatic carbocycles. The topological polar surface area (TPSA) is 0 Å². The molecule has 2 aliphatic heterocycles. The van der Waals surface area contributed by atoms with Gasteiger partial charge in [-0.25, -0.2) is 0 Å². The molecule has 0 aromatic heterocycles. The Labute approximate surface area is 44.5 Å². The van der Waals surface area contributed by atoms with Gasteiger partial charge in [-0.1, -0.05) is 6.92 Å². The molecule has 2 rings (SSSR count). The first kappa shape index (κ1) is 3.90. The third-order valence-corrected chi connectivity index (χ3v) is 2.48. The highest BCUT2D eigenvalue weighted by Crippen LogP contribution is 2.41. The zero-order valence-electron chi connectivity index (χ0n) is 4.85. The summed E-state index contributed by atoms with van der Waals surface area (Å²) < 4.78 is 1.51.